The number of ether oxygens (including phenoxy) is 1. The Hall–Kier alpha value is -2.79. The monoisotopic (exact) mass is 363 g/mol. The molecule has 1 saturated heterocycles. The average molecular weight is 363 g/mol. The number of aromatic amines is 1. The summed E-state index contributed by atoms with van der Waals surface area (Å²) in [4.78, 5) is 20.0. The Balaban J connectivity index is 1.22. The molecule has 4 rings (SSSR count). The number of hydrogen-bond donors (Lipinski definition) is 1. The van der Waals surface area contributed by atoms with Crippen molar-refractivity contribution in [3.8, 4) is 5.75 Å². The normalized spacial score (nSPS) is 15.2. The van der Waals surface area contributed by atoms with Gasteiger partial charge in [-0.3, -0.25) is 9.69 Å². The standard InChI is InChI=1S/C22H25N3O2/c26-22(17-27-19-6-2-1-3-7-19)25-14-12-24(13-15-25)11-10-18-16-23-21-9-5-4-8-20(18)21/h1-9,16,23H,10-15,17H2. The summed E-state index contributed by atoms with van der Waals surface area (Å²) in [6.45, 7) is 4.50. The van der Waals surface area contributed by atoms with Crippen LogP contribution in [0.3, 0.4) is 0 Å². The van der Waals surface area contributed by atoms with E-state index in [0.29, 0.717) is 0 Å². The minimum absolute atomic E-state index is 0.0649. The van der Waals surface area contributed by atoms with Gasteiger partial charge in [0, 0.05) is 49.8 Å². The van der Waals surface area contributed by atoms with E-state index in [1.54, 1.807) is 0 Å². The summed E-state index contributed by atoms with van der Waals surface area (Å²) in [7, 11) is 0. The molecule has 1 fully saturated rings. The van der Waals surface area contributed by atoms with Crippen molar-refractivity contribution >= 4 is 16.8 Å². The van der Waals surface area contributed by atoms with E-state index in [4.69, 9.17) is 4.74 Å². The molecule has 0 unspecified atom stereocenters. The highest BCUT2D eigenvalue weighted by Crippen LogP contribution is 2.18. The molecule has 5 nitrogen and oxygen atoms in total. The predicted octanol–water partition coefficient (Wildman–Crippen LogP) is 2.93. The lowest BCUT2D eigenvalue weighted by Gasteiger charge is -2.34. The zero-order valence-electron chi connectivity index (χ0n) is 15.4. The lowest BCUT2D eigenvalue weighted by Crippen LogP contribution is -2.50. The average Bonchev–Trinajstić information content (AvgIpc) is 3.15. The van der Waals surface area contributed by atoms with Gasteiger partial charge in [0.15, 0.2) is 6.61 Å². The second-order valence-corrected chi connectivity index (χ2v) is 6.93. The van der Waals surface area contributed by atoms with Gasteiger partial charge in [0.05, 0.1) is 0 Å². The van der Waals surface area contributed by atoms with E-state index in [0.717, 1.165) is 44.9 Å². The highest BCUT2D eigenvalue weighted by Gasteiger charge is 2.21. The maximum absolute atomic E-state index is 12.3. The predicted molar refractivity (Wildman–Crippen MR) is 107 cm³/mol. The number of benzene rings is 2. The molecule has 0 saturated carbocycles. The first-order chi connectivity index (χ1) is 13.3. The third-order valence-electron chi connectivity index (χ3n) is 5.20. The molecule has 5 heteroatoms. The van der Waals surface area contributed by atoms with Crippen LogP contribution in [0.4, 0.5) is 0 Å². The summed E-state index contributed by atoms with van der Waals surface area (Å²) >= 11 is 0. The van der Waals surface area contributed by atoms with E-state index in [1.807, 2.05) is 35.2 Å². The Morgan fingerprint density at radius 2 is 1.70 bits per heavy atom. The second-order valence-electron chi connectivity index (χ2n) is 6.93. The molecule has 27 heavy (non-hydrogen) atoms. The Kier molecular flexibility index (Phi) is 5.39. The number of rotatable bonds is 6. The minimum Gasteiger partial charge on any atom is -0.484 e. The number of aromatic nitrogens is 1. The third-order valence-corrected chi connectivity index (χ3v) is 5.20. The molecule has 1 N–H and O–H groups in total. The number of amides is 1. The van der Waals surface area contributed by atoms with Crippen molar-refractivity contribution in [2.75, 3.05) is 39.3 Å². The van der Waals surface area contributed by atoms with Gasteiger partial charge in [0.1, 0.15) is 5.75 Å². The van der Waals surface area contributed by atoms with E-state index in [2.05, 4.69) is 40.3 Å². The summed E-state index contributed by atoms with van der Waals surface area (Å²) < 4.78 is 5.58. The number of nitrogens with zero attached hydrogens (tertiary/aromatic N) is 2. The fourth-order valence-electron chi connectivity index (χ4n) is 3.59. The van der Waals surface area contributed by atoms with Crippen LogP contribution in [0, 0.1) is 0 Å². The Morgan fingerprint density at radius 3 is 2.52 bits per heavy atom. The molecule has 0 bridgehead atoms. The molecule has 1 aliphatic heterocycles. The summed E-state index contributed by atoms with van der Waals surface area (Å²) in [6.07, 6.45) is 3.14. The number of carbonyl (C=O) groups excluding carboxylic acids is 1. The Labute approximate surface area is 159 Å². The second kappa shape index (κ2) is 8.27. The van der Waals surface area contributed by atoms with Crippen molar-refractivity contribution in [3.05, 3.63) is 66.4 Å². The topological polar surface area (TPSA) is 48.6 Å². The van der Waals surface area contributed by atoms with Crippen molar-refractivity contribution in [1.82, 2.24) is 14.8 Å². The van der Waals surface area contributed by atoms with E-state index in [1.165, 1.54) is 16.5 Å². The summed E-state index contributed by atoms with van der Waals surface area (Å²) in [5.74, 6) is 0.804. The van der Waals surface area contributed by atoms with Gasteiger partial charge in [0.2, 0.25) is 0 Å². The van der Waals surface area contributed by atoms with Crippen molar-refractivity contribution in [2.24, 2.45) is 0 Å². The Bertz CT molecular complexity index is 883. The zero-order chi connectivity index (χ0) is 18.5. The number of para-hydroxylation sites is 2. The first-order valence-electron chi connectivity index (χ1n) is 9.52. The Morgan fingerprint density at radius 1 is 0.963 bits per heavy atom. The highest BCUT2D eigenvalue weighted by molar-refractivity contribution is 5.83. The molecule has 0 spiro atoms. The van der Waals surface area contributed by atoms with Crippen molar-refractivity contribution < 1.29 is 9.53 Å². The first-order valence-corrected chi connectivity index (χ1v) is 9.52. The third kappa shape index (κ3) is 4.31. The summed E-state index contributed by atoms with van der Waals surface area (Å²) in [5, 5.41) is 1.31. The first kappa shape index (κ1) is 17.6. The lowest BCUT2D eigenvalue weighted by molar-refractivity contribution is -0.135. The van der Waals surface area contributed by atoms with Crippen LogP contribution in [-0.2, 0) is 11.2 Å². The maximum atomic E-state index is 12.3. The molecule has 2 aromatic carbocycles. The molecule has 140 valence electrons. The highest BCUT2D eigenvalue weighted by atomic mass is 16.5. The quantitative estimate of drug-likeness (QED) is 0.733. The van der Waals surface area contributed by atoms with Crippen LogP contribution in [0.5, 0.6) is 5.75 Å². The SMILES string of the molecule is O=C(COc1ccccc1)N1CCN(CCc2c[nH]c3ccccc23)CC1. The number of piperazine rings is 1. The van der Waals surface area contributed by atoms with Crippen molar-refractivity contribution in [2.45, 2.75) is 6.42 Å². The maximum Gasteiger partial charge on any atom is 0.260 e. The van der Waals surface area contributed by atoms with Gasteiger partial charge in [-0.1, -0.05) is 36.4 Å². The van der Waals surface area contributed by atoms with E-state index >= 15 is 0 Å². The molecular weight excluding hydrogens is 338 g/mol. The molecule has 2 heterocycles. The molecule has 0 atom stereocenters. The summed E-state index contributed by atoms with van der Waals surface area (Å²) in [5.41, 5.74) is 2.56. The molecule has 0 aliphatic carbocycles. The van der Waals surface area contributed by atoms with E-state index < -0.39 is 0 Å². The molecule has 1 aromatic heterocycles. The molecule has 0 radical (unpaired) electrons. The summed E-state index contributed by atoms with van der Waals surface area (Å²) in [6, 6.07) is 17.9. The van der Waals surface area contributed by atoms with Gasteiger partial charge in [-0.2, -0.15) is 0 Å². The van der Waals surface area contributed by atoms with Crippen LogP contribution in [0.2, 0.25) is 0 Å². The number of fused-ring (bicyclic) bond motifs is 1. The van der Waals surface area contributed by atoms with Crippen LogP contribution in [-0.4, -0.2) is 60.0 Å². The van der Waals surface area contributed by atoms with Gasteiger partial charge in [-0.15, -0.1) is 0 Å². The minimum atomic E-state index is 0.0649. The van der Waals surface area contributed by atoms with Crippen LogP contribution >= 0.6 is 0 Å². The van der Waals surface area contributed by atoms with Gasteiger partial charge in [0.25, 0.3) is 5.91 Å². The van der Waals surface area contributed by atoms with Gasteiger partial charge in [-0.05, 0) is 30.2 Å². The molecular formula is C22H25N3O2. The van der Waals surface area contributed by atoms with Crippen molar-refractivity contribution in [3.63, 3.8) is 0 Å². The lowest BCUT2D eigenvalue weighted by atomic mass is 10.1. The number of H-pyrrole nitrogens is 1. The van der Waals surface area contributed by atoms with Gasteiger partial charge >= 0.3 is 0 Å². The van der Waals surface area contributed by atoms with Crippen LogP contribution in [0.25, 0.3) is 10.9 Å². The molecule has 1 amide bonds. The number of nitrogens with one attached hydrogen (secondary N) is 1. The van der Waals surface area contributed by atoms with E-state index in [9.17, 15) is 4.79 Å². The van der Waals surface area contributed by atoms with Crippen LogP contribution in [0.1, 0.15) is 5.56 Å². The number of carbonyl (C=O) groups is 1. The fraction of sp³-hybridized carbons (Fsp3) is 0.318. The largest absolute Gasteiger partial charge is 0.484 e. The zero-order valence-corrected chi connectivity index (χ0v) is 15.4. The van der Waals surface area contributed by atoms with Crippen LogP contribution in [0.15, 0.2) is 60.8 Å². The smallest absolute Gasteiger partial charge is 0.260 e. The number of hydrogen-bond acceptors (Lipinski definition) is 3. The van der Waals surface area contributed by atoms with Gasteiger partial charge in [-0.25, -0.2) is 0 Å². The van der Waals surface area contributed by atoms with Crippen LogP contribution < -0.4 is 4.74 Å². The fourth-order valence-corrected chi connectivity index (χ4v) is 3.59. The molecule has 3 aromatic rings. The van der Waals surface area contributed by atoms with Crippen molar-refractivity contribution in [1.29, 1.82) is 0 Å². The molecule has 1 aliphatic rings. The van der Waals surface area contributed by atoms with E-state index in [-0.39, 0.29) is 12.5 Å². The van der Waals surface area contributed by atoms with Gasteiger partial charge < -0.3 is 14.6 Å².